The number of hydrogen-bond donors (Lipinski definition) is 0. The average Bonchev–Trinajstić information content (AvgIpc) is 2.67. The first-order chi connectivity index (χ1) is 13.9. The van der Waals surface area contributed by atoms with Crippen molar-refractivity contribution in [3.8, 4) is 33.9 Å². The van der Waals surface area contributed by atoms with E-state index < -0.39 is 0 Å². The van der Waals surface area contributed by atoms with Crippen molar-refractivity contribution >= 4 is 0 Å². The van der Waals surface area contributed by atoms with Gasteiger partial charge in [0.15, 0.2) is 11.6 Å². The summed E-state index contributed by atoms with van der Waals surface area (Å²) in [6.07, 6.45) is 0. The van der Waals surface area contributed by atoms with Crippen LogP contribution in [0.15, 0.2) is 42.5 Å². The molecule has 2 aromatic heterocycles. The summed E-state index contributed by atoms with van der Waals surface area (Å²) >= 11 is 0. The van der Waals surface area contributed by atoms with Crippen molar-refractivity contribution in [2.45, 2.75) is 34.6 Å². The van der Waals surface area contributed by atoms with Gasteiger partial charge in [-0.3, -0.25) is 0 Å². The molecule has 2 aromatic carbocycles. The summed E-state index contributed by atoms with van der Waals surface area (Å²) < 4.78 is 0. The average molecular weight is 382 g/mol. The molecule has 4 rings (SSSR count). The normalized spacial score (nSPS) is 10.9. The molecular formula is C23H22N6. The number of nitrogens with zero attached hydrogens (tertiary/aromatic N) is 6. The highest BCUT2D eigenvalue weighted by molar-refractivity contribution is 5.76. The zero-order chi connectivity index (χ0) is 20.5. The van der Waals surface area contributed by atoms with Crippen molar-refractivity contribution in [2.24, 2.45) is 0 Å². The largest absolute Gasteiger partial charge is 0.219 e. The smallest absolute Gasteiger partial charge is 0.163 e. The van der Waals surface area contributed by atoms with Crippen molar-refractivity contribution in [2.75, 3.05) is 0 Å². The fourth-order valence-corrected chi connectivity index (χ4v) is 3.39. The Labute approximate surface area is 170 Å². The molecule has 0 bridgehead atoms. The van der Waals surface area contributed by atoms with Gasteiger partial charge in [0.05, 0.1) is 0 Å². The van der Waals surface area contributed by atoms with E-state index in [1.807, 2.05) is 39.8 Å². The monoisotopic (exact) mass is 382 g/mol. The predicted molar refractivity (Wildman–Crippen MR) is 113 cm³/mol. The molecule has 0 saturated carbocycles. The lowest BCUT2D eigenvalue weighted by Crippen LogP contribution is -1.99. The molecule has 4 aromatic rings. The Morgan fingerprint density at radius 1 is 0.483 bits per heavy atom. The van der Waals surface area contributed by atoms with E-state index in [0.29, 0.717) is 11.6 Å². The van der Waals surface area contributed by atoms with Crippen LogP contribution in [-0.4, -0.2) is 29.9 Å². The maximum absolute atomic E-state index is 4.50. The fourth-order valence-electron chi connectivity index (χ4n) is 3.39. The molecule has 0 radical (unpaired) electrons. The van der Waals surface area contributed by atoms with Gasteiger partial charge in [-0.25, -0.2) is 29.9 Å². The van der Waals surface area contributed by atoms with E-state index in [-0.39, 0.29) is 0 Å². The van der Waals surface area contributed by atoms with E-state index in [1.165, 1.54) is 5.56 Å². The highest BCUT2D eigenvalue weighted by Crippen LogP contribution is 2.30. The van der Waals surface area contributed by atoms with E-state index in [2.05, 4.69) is 67.2 Å². The van der Waals surface area contributed by atoms with Crippen molar-refractivity contribution < 1.29 is 0 Å². The molecule has 0 fully saturated rings. The van der Waals surface area contributed by atoms with Crippen LogP contribution in [0.1, 0.15) is 28.9 Å². The van der Waals surface area contributed by atoms with E-state index in [9.17, 15) is 0 Å². The van der Waals surface area contributed by atoms with Crippen LogP contribution in [0.4, 0.5) is 0 Å². The lowest BCUT2D eigenvalue weighted by Gasteiger charge is -2.11. The molecule has 0 saturated heterocycles. The van der Waals surface area contributed by atoms with E-state index >= 15 is 0 Å². The fraction of sp³-hybridized carbons (Fsp3) is 0.217. The molecule has 0 aliphatic carbocycles. The van der Waals surface area contributed by atoms with E-state index in [0.717, 1.165) is 45.6 Å². The molecule has 0 atom stereocenters. The van der Waals surface area contributed by atoms with Crippen molar-refractivity contribution in [3.63, 3.8) is 0 Å². The predicted octanol–water partition coefficient (Wildman–Crippen LogP) is 4.60. The van der Waals surface area contributed by atoms with Gasteiger partial charge in [-0.2, -0.15) is 0 Å². The van der Waals surface area contributed by atoms with Gasteiger partial charge in [0.1, 0.15) is 23.3 Å². The van der Waals surface area contributed by atoms with Gasteiger partial charge < -0.3 is 0 Å². The summed E-state index contributed by atoms with van der Waals surface area (Å²) in [6.45, 7) is 9.64. The Morgan fingerprint density at radius 2 is 0.966 bits per heavy atom. The summed E-state index contributed by atoms with van der Waals surface area (Å²) in [4.78, 5) is 26.6. The van der Waals surface area contributed by atoms with Crippen molar-refractivity contribution in [1.82, 2.24) is 29.9 Å². The Morgan fingerprint density at radius 3 is 1.52 bits per heavy atom. The number of benzene rings is 2. The van der Waals surface area contributed by atoms with Crippen LogP contribution in [0.5, 0.6) is 0 Å². The van der Waals surface area contributed by atoms with Gasteiger partial charge in [-0.1, -0.05) is 30.3 Å². The molecule has 0 unspecified atom stereocenters. The lowest BCUT2D eigenvalue weighted by atomic mass is 9.96. The lowest BCUT2D eigenvalue weighted by molar-refractivity contribution is 0.927. The van der Waals surface area contributed by atoms with Crippen LogP contribution in [-0.2, 0) is 0 Å². The molecular weight excluding hydrogens is 360 g/mol. The molecule has 0 amide bonds. The van der Waals surface area contributed by atoms with E-state index in [1.54, 1.807) is 0 Å². The second-order valence-electron chi connectivity index (χ2n) is 7.12. The molecule has 29 heavy (non-hydrogen) atoms. The van der Waals surface area contributed by atoms with Gasteiger partial charge in [-0.15, -0.1) is 0 Å². The quantitative estimate of drug-likeness (QED) is 0.515. The molecule has 144 valence electrons. The maximum atomic E-state index is 4.50. The topological polar surface area (TPSA) is 77.3 Å². The molecule has 2 heterocycles. The zero-order valence-electron chi connectivity index (χ0n) is 17.2. The van der Waals surface area contributed by atoms with Crippen LogP contribution in [0, 0.1) is 34.6 Å². The molecule has 0 aliphatic rings. The Balaban J connectivity index is 1.81. The Kier molecular flexibility index (Phi) is 4.84. The summed E-state index contributed by atoms with van der Waals surface area (Å²) in [5.41, 5.74) is 5.34. The first-order valence-electron chi connectivity index (χ1n) is 9.49. The van der Waals surface area contributed by atoms with Gasteiger partial charge in [0.25, 0.3) is 0 Å². The van der Waals surface area contributed by atoms with Crippen LogP contribution in [0.25, 0.3) is 33.9 Å². The minimum Gasteiger partial charge on any atom is -0.219 e. The van der Waals surface area contributed by atoms with Gasteiger partial charge in [-0.05, 0) is 63.4 Å². The van der Waals surface area contributed by atoms with Crippen molar-refractivity contribution in [3.05, 3.63) is 71.3 Å². The first kappa shape index (κ1) is 18.8. The van der Waals surface area contributed by atoms with Crippen LogP contribution < -0.4 is 0 Å². The van der Waals surface area contributed by atoms with E-state index in [4.69, 9.17) is 0 Å². The minimum atomic E-state index is 0.689. The molecule has 0 aliphatic heterocycles. The second-order valence-corrected chi connectivity index (χ2v) is 7.12. The Bertz CT molecular complexity index is 1180. The van der Waals surface area contributed by atoms with Crippen LogP contribution in [0.2, 0.25) is 0 Å². The second kappa shape index (κ2) is 7.47. The number of hydrogen-bond acceptors (Lipinski definition) is 6. The highest BCUT2D eigenvalue weighted by atomic mass is 15.0. The number of aromatic nitrogens is 6. The van der Waals surface area contributed by atoms with Crippen molar-refractivity contribution in [1.29, 1.82) is 0 Å². The third-order valence-electron chi connectivity index (χ3n) is 4.65. The highest BCUT2D eigenvalue weighted by Gasteiger charge is 2.11. The summed E-state index contributed by atoms with van der Waals surface area (Å²) in [5, 5.41) is 0. The maximum Gasteiger partial charge on any atom is 0.163 e. The molecule has 0 N–H and O–H groups in total. The van der Waals surface area contributed by atoms with Crippen LogP contribution in [0.3, 0.4) is 0 Å². The third kappa shape index (κ3) is 4.01. The SMILES string of the molecule is Cc1nc(C)nc(-c2cccc(-c3cc(-c4nc(C)nc(C)n4)ccc3C)c2)n1. The number of aryl methyl sites for hydroxylation is 5. The standard InChI is InChI=1S/C23H22N6/c1-13-9-10-20(23-28-16(4)25-17(5)29-23)12-21(13)18-7-6-8-19(11-18)22-26-14(2)24-15(3)27-22/h6-12H,1-5H3. The third-order valence-corrected chi connectivity index (χ3v) is 4.65. The summed E-state index contributed by atoms with van der Waals surface area (Å²) in [7, 11) is 0. The van der Waals surface area contributed by atoms with Gasteiger partial charge in [0.2, 0.25) is 0 Å². The van der Waals surface area contributed by atoms with Crippen LogP contribution >= 0.6 is 0 Å². The zero-order valence-corrected chi connectivity index (χ0v) is 17.2. The summed E-state index contributed by atoms with van der Waals surface area (Å²) in [5.74, 6) is 4.26. The van der Waals surface area contributed by atoms with Gasteiger partial charge in [0, 0.05) is 11.1 Å². The minimum absolute atomic E-state index is 0.689. The molecule has 6 heteroatoms. The Hall–Kier alpha value is -3.54. The van der Waals surface area contributed by atoms with Gasteiger partial charge >= 0.3 is 0 Å². The first-order valence-corrected chi connectivity index (χ1v) is 9.49. The summed E-state index contributed by atoms with van der Waals surface area (Å²) in [6, 6.07) is 14.5. The molecule has 0 spiro atoms. The molecule has 6 nitrogen and oxygen atoms in total. The number of rotatable bonds is 3.